The molecule has 7 aromatic rings. The molecule has 0 atom stereocenters. The van der Waals surface area contributed by atoms with Crippen molar-refractivity contribution < 1.29 is 30.9 Å². The van der Waals surface area contributed by atoms with E-state index in [4.69, 9.17) is 14.7 Å². The van der Waals surface area contributed by atoms with Gasteiger partial charge in [-0.05, 0) is 75.5 Å². The van der Waals surface area contributed by atoms with E-state index in [-0.39, 0.29) is 37.6 Å². The van der Waals surface area contributed by atoms with Crippen molar-refractivity contribution in [3.63, 3.8) is 0 Å². The minimum Gasteiger partial charge on any atom is -0.507 e. The van der Waals surface area contributed by atoms with Crippen molar-refractivity contribution in [2.24, 2.45) is 0 Å². The Labute approximate surface area is 276 Å². The zero-order valence-corrected chi connectivity index (χ0v) is 28.3. The molecule has 0 amide bonds. The van der Waals surface area contributed by atoms with Crippen molar-refractivity contribution in [3.8, 4) is 34.5 Å². The summed E-state index contributed by atoms with van der Waals surface area (Å²) in [6.07, 6.45) is 1.78. The van der Waals surface area contributed by atoms with Crippen LogP contribution >= 0.6 is 0 Å². The van der Waals surface area contributed by atoms with Gasteiger partial charge in [0.15, 0.2) is 0 Å². The Hall–Kier alpha value is -4.48. The van der Waals surface area contributed by atoms with Crippen LogP contribution in [0.4, 0.5) is 0 Å². The Morgan fingerprint density at radius 1 is 0.756 bits per heavy atom. The SMILES string of the molecule is CC(C)(C)c1ccc(O)c(-c2cccc(Oc3[c-]c4c(cc3)n3c5cc(C(C)(C)C)ccc5nc3n4-c3ccccn3)n2)c1.[Pt]. The van der Waals surface area contributed by atoms with Crippen molar-refractivity contribution >= 4 is 27.8 Å². The van der Waals surface area contributed by atoms with Gasteiger partial charge in [-0.3, -0.25) is 4.57 Å². The number of pyridine rings is 2. The molecule has 0 aliphatic carbocycles. The maximum atomic E-state index is 10.7. The number of nitrogens with zero attached hydrogens (tertiary/aromatic N) is 5. The first-order valence-corrected chi connectivity index (χ1v) is 14.8. The summed E-state index contributed by atoms with van der Waals surface area (Å²) in [5, 5.41) is 10.7. The van der Waals surface area contributed by atoms with E-state index in [1.807, 2.05) is 59.2 Å². The zero-order chi connectivity index (χ0) is 30.8. The van der Waals surface area contributed by atoms with E-state index in [0.717, 1.165) is 39.2 Å². The van der Waals surface area contributed by atoms with Gasteiger partial charge >= 0.3 is 0 Å². The second-order valence-electron chi connectivity index (χ2n) is 13.2. The van der Waals surface area contributed by atoms with Crippen LogP contribution in [0.2, 0.25) is 0 Å². The number of aromatic nitrogens is 5. The van der Waals surface area contributed by atoms with Gasteiger partial charge in [0.05, 0.1) is 16.7 Å². The first-order valence-electron chi connectivity index (χ1n) is 14.8. The molecule has 0 aliphatic rings. The number of imidazole rings is 2. The first kappa shape index (κ1) is 30.5. The zero-order valence-electron chi connectivity index (χ0n) is 26.1. The van der Waals surface area contributed by atoms with Crippen LogP contribution in [-0.4, -0.2) is 29.0 Å². The standard InChI is InChI=1S/C37H34N5O2.Pt/c1-36(2,3)23-14-18-32(43)26(20-23)27-10-9-12-34(39-27)44-25-15-17-29-31(22-25)42(33-11-7-8-19-38-33)35-40-28-16-13-24(37(4,5)6)21-30(28)41(29)35;/h7-21,43H,1-6H3;/q-1;. The van der Waals surface area contributed by atoms with E-state index in [1.54, 1.807) is 18.3 Å². The van der Waals surface area contributed by atoms with Gasteiger partial charge in [0.25, 0.3) is 0 Å². The topological polar surface area (TPSA) is 77.5 Å². The number of ether oxygens (including phenoxy) is 1. The summed E-state index contributed by atoms with van der Waals surface area (Å²) in [5.41, 5.74) is 7.24. The van der Waals surface area contributed by atoms with Crippen LogP contribution in [-0.2, 0) is 31.9 Å². The Kier molecular flexibility index (Phi) is 7.57. The number of hydrogen-bond acceptors (Lipinski definition) is 5. The van der Waals surface area contributed by atoms with Gasteiger partial charge in [-0.1, -0.05) is 65.8 Å². The minimum absolute atomic E-state index is 0. The van der Waals surface area contributed by atoms with Crippen LogP contribution in [0.3, 0.4) is 0 Å². The predicted octanol–water partition coefficient (Wildman–Crippen LogP) is 8.78. The number of phenols is 1. The Bertz CT molecular complexity index is 2190. The number of benzene rings is 3. The Morgan fingerprint density at radius 2 is 1.51 bits per heavy atom. The molecule has 0 unspecified atom stereocenters. The summed E-state index contributed by atoms with van der Waals surface area (Å²) in [4.78, 5) is 14.4. The van der Waals surface area contributed by atoms with E-state index in [2.05, 4.69) is 75.2 Å². The third-order valence-electron chi connectivity index (χ3n) is 8.00. The minimum atomic E-state index is -0.0666. The number of rotatable bonds is 4. The summed E-state index contributed by atoms with van der Waals surface area (Å²) < 4.78 is 10.5. The van der Waals surface area contributed by atoms with Crippen LogP contribution in [0.5, 0.6) is 17.4 Å². The molecule has 8 heteroatoms. The molecular formula is C37H34N5O2Pt-. The molecule has 0 radical (unpaired) electrons. The molecule has 0 spiro atoms. The number of hydrogen-bond donors (Lipinski definition) is 1. The third-order valence-corrected chi connectivity index (χ3v) is 8.00. The normalized spacial score (nSPS) is 12.1. The Morgan fingerprint density at radius 3 is 2.24 bits per heavy atom. The third kappa shape index (κ3) is 5.51. The number of fused-ring (bicyclic) bond motifs is 5. The number of phenolic OH excluding ortho intramolecular Hbond substituents is 1. The summed E-state index contributed by atoms with van der Waals surface area (Å²) in [7, 11) is 0. The molecule has 0 saturated heterocycles. The van der Waals surface area contributed by atoms with E-state index < -0.39 is 0 Å². The summed E-state index contributed by atoms with van der Waals surface area (Å²) in [5.74, 6) is 2.57. The van der Waals surface area contributed by atoms with Gasteiger partial charge in [-0.25, -0.2) is 15.0 Å². The van der Waals surface area contributed by atoms with Gasteiger partial charge in [0.1, 0.15) is 11.6 Å². The fourth-order valence-corrected chi connectivity index (χ4v) is 5.53. The maximum absolute atomic E-state index is 10.7. The average Bonchev–Trinajstić information content (AvgIpc) is 3.50. The predicted molar refractivity (Wildman–Crippen MR) is 175 cm³/mol. The van der Waals surface area contributed by atoms with E-state index in [9.17, 15) is 5.11 Å². The number of aromatic hydroxyl groups is 1. The van der Waals surface area contributed by atoms with Gasteiger partial charge in [0, 0.05) is 44.6 Å². The average molecular weight is 776 g/mol. The van der Waals surface area contributed by atoms with Crippen LogP contribution in [0, 0.1) is 6.07 Å². The van der Waals surface area contributed by atoms with Crippen LogP contribution in [0.1, 0.15) is 52.7 Å². The molecule has 4 heterocycles. The summed E-state index contributed by atoms with van der Waals surface area (Å²) in [6, 6.07) is 30.9. The molecule has 4 aromatic heterocycles. The van der Waals surface area contributed by atoms with E-state index in [1.165, 1.54) is 5.56 Å². The second kappa shape index (κ2) is 11.1. The van der Waals surface area contributed by atoms with Crippen LogP contribution < -0.4 is 4.74 Å². The second-order valence-corrected chi connectivity index (χ2v) is 13.2. The monoisotopic (exact) mass is 775 g/mol. The molecule has 3 aromatic carbocycles. The molecule has 0 aliphatic heterocycles. The molecule has 0 fully saturated rings. The largest absolute Gasteiger partial charge is 0.507 e. The first-order chi connectivity index (χ1) is 21.0. The van der Waals surface area contributed by atoms with Crippen molar-refractivity contribution in [3.05, 3.63) is 108 Å². The summed E-state index contributed by atoms with van der Waals surface area (Å²) in [6.45, 7) is 13.1. The van der Waals surface area contributed by atoms with E-state index in [0.29, 0.717) is 22.9 Å². The Balaban J connectivity index is 0.00000357. The van der Waals surface area contributed by atoms with Crippen molar-refractivity contribution in [2.45, 2.75) is 52.4 Å². The quantitative estimate of drug-likeness (QED) is 0.181. The molecule has 230 valence electrons. The molecule has 7 rings (SSSR count). The fraction of sp³-hybridized carbons (Fsp3) is 0.216. The molecular weight excluding hydrogens is 742 g/mol. The van der Waals surface area contributed by atoms with Crippen molar-refractivity contribution in [1.82, 2.24) is 23.9 Å². The molecule has 0 saturated carbocycles. The van der Waals surface area contributed by atoms with Crippen molar-refractivity contribution in [1.29, 1.82) is 0 Å². The fourth-order valence-electron chi connectivity index (χ4n) is 5.53. The van der Waals surface area contributed by atoms with Gasteiger partial charge in [-0.15, -0.1) is 18.2 Å². The molecule has 1 N–H and O–H groups in total. The molecule has 45 heavy (non-hydrogen) atoms. The molecule has 7 nitrogen and oxygen atoms in total. The van der Waals surface area contributed by atoms with Gasteiger partial charge in [0.2, 0.25) is 11.7 Å². The smallest absolute Gasteiger partial charge is 0.217 e. The van der Waals surface area contributed by atoms with Crippen molar-refractivity contribution in [2.75, 3.05) is 0 Å². The maximum Gasteiger partial charge on any atom is 0.217 e. The van der Waals surface area contributed by atoms with Gasteiger partial charge in [-0.2, -0.15) is 0 Å². The molecule has 0 bridgehead atoms. The van der Waals surface area contributed by atoms with Crippen LogP contribution in [0.25, 0.3) is 44.9 Å². The summed E-state index contributed by atoms with van der Waals surface area (Å²) >= 11 is 0. The van der Waals surface area contributed by atoms with Crippen LogP contribution in [0.15, 0.2) is 91.1 Å². The van der Waals surface area contributed by atoms with Gasteiger partial charge < -0.3 is 14.2 Å². The van der Waals surface area contributed by atoms with E-state index >= 15 is 0 Å².